The summed E-state index contributed by atoms with van der Waals surface area (Å²) in [5, 5.41) is 11.9. The van der Waals surface area contributed by atoms with Crippen LogP contribution in [0.2, 0.25) is 0 Å². The lowest BCUT2D eigenvalue weighted by Gasteiger charge is -2.22. The molecule has 6 nitrogen and oxygen atoms in total. The van der Waals surface area contributed by atoms with E-state index in [9.17, 15) is 4.79 Å². The van der Waals surface area contributed by atoms with Gasteiger partial charge in [-0.25, -0.2) is 4.79 Å². The first-order chi connectivity index (χ1) is 9.79. The molecule has 1 N–H and O–H groups in total. The van der Waals surface area contributed by atoms with Gasteiger partial charge in [0.05, 0.1) is 7.11 Å². The Hall–Kier alpha value is -1.95. The van der Waals surface area contributed by atoms with Gasteiger partial charge in [-0.3, -0.25) is 4.40 Å². The number of esters is 1. The summed E-state index contributed by atoms with van der Waals surface area (Å²) in [5.74, 6) is 0.439. The summed E-state index contributed by atoms with van der Waals surface area (Å²) in [6.07, 6.45) is 4.37. The highest BCUT2D eigenvalue weighted by Gasteiger charge is 2.19. The molecule has 0 radical (unpaired) electrons. The molecule has 0 saturated carbocycles. The molecule has 1 fully saturated rings. The standard InChI is InChI=1S/C14H18N4O2/c1-20-14(19)11-6-4-7-12-16-17-13(18(11)12)9-10-5-2-3-8-15-10/h4,6-7,10,15H,2-3,5,8-9H2,1H3. The molecule has 0 aromatic carbocycles. The Balaban J connectivity index is 1.96. The van der Waals surface area contributed by atoms with Crippen LogP contribution in [0.4, 0.5) is 0 Å². The van der Waals surface area contributed by atoms with Crippen LogP contribution in [0.5, 0.6) is 0 Å². The zero-order valence-electron chi connectivity index (χ0n) is 11.5. The van der Waals surface area contributed by atoms with Gasteiger partial charge in [-0.15, -0.1) is 10.2 Å². The average molecular weight is 274 g/mol. The van der Waals surface area contributed by atoms with Crippen molar-refractivity contribution in [3.05, 3.63) is 29.7 Å². The van der Waals surface area contributed by atoms with Gasteiger partial charge in [-0.2, -0.15) is 0 Å². The molecule has 0 bridgehead atoms. The minimum absolute atomic E-state index is 0.367. The Morgan fingerprint density at radius 1 is 1.45 bits per heavy atom. The summed E-state index contributed by atoms with van der Waals surface area (Å²) in [5.41, 5.74) is 1.15. The second kappa shape index (κ2) is 5.58. The zero-order valence-corrected chi connectivity index (χ0v) is 11.5. The van der Waals surface area contributed by atoms with Gasteiger partial charge < -0.3 is 10.1 Å². The van der Waals surface area contributed by atoms with Crippen molar-refractivity contribution in [2.45, 2.75) is 31.7 Å². The molecule has 0 aliphatic carbocycles. The summed E-state index contributed by atoms with van der Waals surface area (Å²) in [4.78, 5) is 11.9. The quantitative estimate of drug-likeness (QED) is 0.852. The minimum atomic E-state index is -0.367. The van der Waals surface area contributed by atoms with E-state index in [2.05, 4.69) is 15.5 Å². The lowest BCUT2D eigenvalue weighted by Crippen LogP contribution is -2.36. The fourth-order valence-corrected chi connectivity index (χ4v) is 2.72. The van der Waals surface area contributed by atoms with Crippen molar-refractivity contribution < 1.29 is 9.53 Å². The maximum absolute atomic E-state index is 11.9. The maximum Gasteiger partial charge on any atom is 0.355 e. The Morgan fingerprint density at radius 3 is 3.10 bits per heavy atom. The molecule has 106 valence electrons. The van der Waals surface area contributed by atoms with Gasteiger partial charge in [-0.1, -0.05) is 12.5 Å². The normalized spacial score (nSPS) is 19.1. The van der Waals surface area contributed by atoms with Crippen molar-refractivity contribution in [1.29, 1.82) is 0 Å². The number of nitrogens with one attached hydrogen (secondary N) is 1. The van der Waals surface area contributed by atoms with Crippen LogP contribution in [0.1, 0.15) is 35.6 Å². The summed E-state index contributed by atoms with van der Waals surface area (Å²) in [7, 11) is 1.38. The second-order valence-corrected chi connectivity index (χ2v) is 5.06. The van der Waals surface area contributed by atoms with Crippen LogP contribution in [-0.4, -0.2) is 40.3 Å². The summed E-state index contributed by atoms with van der Waals surface area (Å²) < 4.78 is 6.62. The third kappa shape index (κ3) is 2.38. The number of pyridine rings is 1. The number of carbonyl (C=O) groups excluding carboxylic acids is 1. The first kappa shape index (κ1) is 13.1. The van der Waals surface area contributed by atoms with Crippen molar-refractivity contribution in [3.63, 3.8) is 0 Å². The zero-order chi connectivity index (χ0) is 13.9. The highest BCUT2D eigenvalue weighted by molar-refractivity contribution is 5.88. The van der Waals surface area contributed by atoms with E-state index in [-0.39, 0.29) is 5.97 Å². The predicted molar refractivity (Wildman–Crippen MR) is 73.7 cm³/mol. The number of piperidine rings is 1. The fraction of sp³-hybridized carbons (Fsp3) is 0.500. The van der Waals surface area contributed by atoms with Crippen LogP contribution >= 0.6 is 0 Å². The van der Waals surface area contributed by atoms with Crippen molar-refractivity contribution >= 4 is 11.6 Å². The number of aromatic nitrogens is 3. The largest absolute Gasteiger partial charge is 0.464 e. The van der Waals surface area contributed by atoms with E-state index in [1.807, 2.05) is 6.07 Å². The summed E-state index contributed by atoms with van der Waals surface area (Å²) in [6.45, 7) is 1.05. The summed E-state index contributed by atoms with van der Waals surface area (Å²) >= 11 is 0. The SMILES string of the molecule is COC(=O)c1cccc2nnc(CC3CCCCN3)n12. The number of methoxy groups -OCH3 is 1. The van der Waals surface area contributed by atoms with E-state index in [1.54, 1.807) is 16.5 Å². The van der Waals surface area contributed by atoms with E-state index < -0.39 is 0 Å². The van der Waals surface area contributed by atoms with Crippen LogP contribution in [0, 0.1) is 0 Å². The Labute approximate surface area is 117 Å². The maximum atomic E-state index is 11.9. The predicted octanol–water partition coefficient (Wildman–Crippen LogP) is 1.20. The first-order valence-electron chi connectivity index (χ1n) is 6.94. The highest BCUT2D eigenvalue weighted by atomic mass is 16.5. The van der Waals surface area contributed by atoms with Gasteiger partial charge in [0.15, 0.2) is 5.65 Å². The topological polar surface area (TPSA) is 68.5 Å². The molecule has 1 aliphatic rings. The van der Waals surface area contributed by atoms with Crippen molar-refractivity contribution in [3.8, 4) is 0 Å². The van der Waals surface area contributed by atoms with Crippen molar-refractivity contribution in [2.24, 2.45) is 0 Å². The molecule has 1 saturated heterocycles. The third-order valence-electron chi connectivity index (χ3n) is 3.73. The number of nitrogens with zero attached hydrogens (tertiary/aromatic N) is 3. The lowest BCUT2D eigenvalue weighted by atomic mass is 10.0. The van der Waals surface area contributed by atoms with Crippen molar-refractivity contribution in [2.75, 3.05) is 13.7 Å². The van der Waals surface area contributed by atoms with Crippen LogP contribution in [0.25, 0.3) is 5.65 Å². The van der Waals surface area contributed by atoms with Crippen LogP contribution < -0.4 is 5.32 Å². The van der Waals surface area contributed by atoms with Crippen LogP contribution in [-0.2, 0) is 11.2 Å². The highest BCUT2D eigenvalue weighted by Crippen LogP contribution is 2.15. The minimum Gasteiger partial charge on any atom is -0.464 e. The van der Waals surface area contributed by atoms with Crippen molar-refractivity contribution in [1.82, 2.24) is 19.9 Å². The number of rotatable bonds is 3. The monoisotopic (exact) mass is 274 g/mol. The molecule has 1 unspecified atom stereocenters. The van der Waals surface area contributed by atoms with Crippen LogP contribution in [0.3, 0.4) is 0 Å². The molecular weight excluding hydrogens is 256 g/mol. The van der Waals surface area contributed by atoms with E-state index in [0.29, 0.717) is 17.4 Å². The molecule has 2 aromatic rings. The molecule has 3 heterocycles. The van der Waals surface area contributed by atoms with E-state index in [0.717, 1.165) is 25.2 Å². The van der Waals surface area contributed by atoms with E-state index >= 15 is 0 Å². The third-order valence-corrected chi connectivity index (χ3v) is 3.73. The Morgan fingerprint density at radius 2 is 2.35 bits per heavy atom. The number of hydrogen-bond acceptors (Lipinski definition) is 5. The number of ether oxygens (including phenoxy) is 1. The Kier molecular flexibility index (Phi) is 3.64. The lowest BCUT2D eigenvalue weighted by molar-refractivity contribution is 0.0592. The summed E-state index contributed by atoms with van der Waals surface area (Å²) in [6, 6.07) is 5.78. The van der Waals surface area contributed by atoms with E-state index in [4.69, 9.17) is 4.74 Å². The molecule has 6 heteroatoms. The number of fused-ring (bicyclic) bond motifs is 1. The molecule has 1 atom stereocenters. The molecule has 0 spiro atoms. The molecule has 1 aliphatic heterocycles. The molecule has 3 rings (SSSR count). The number of hydrogen-bond donors (Lipinski definition) is 1. The van der Waals surface area contributed by atoms with Gasteiger partial charge in [-0.05, 0) is 31.5 Å². The fourth-order valence-electron chi connectivity index (χ4n) is 2.72. The molecule has 0 amide bonds. The smallest absolute Gasteiger partial charge is 0.355 e. The van der Waals surface area contributed by atoms with Crippen LogP contribution in [0.15, 0.2) is 18.2 Å². The van der Waals surface area contributed by atoms with Gasteiger partial charge in [0.2, 0.25) is 0 Å². The second-order valence-electron chi connectivity index (χ2n) is 5.06. The molecule has 2 aromatic heterocycles. The molecule has 20 heavy (non-hydrogen) atoms. The van der Waals surface area contributed by atoms with Gasteiger partial charge in [0.25, 0.3) is 0 Å². The van der Waals surface area contributed by atoms with Gasteiger partial charge in [0.1, 0.15) is 11.5 Å². The van der Waals surface area contributed by atoms with E-state index in [1.165, 1.54) is 20.0 Å². The average Bonchev–Trinajstić information content (AvgIpc) is 2.91. The Bertz CT molecular complexity index is 617. The number of carbonyl (C=O) groups is 1. The first-order valence-corrected chi connectivity index (χ1v) is 6.94. The molecular formula is C14H18N4O2. The van der Waals surface area contributed by atoms with Gasteiger partial charge in [0, 0.05) is 12.5 Å². The van der Waals surface area contributed by atoms with Gasteiger partial charge >= 0.3 is 5.97 Å².